The fraction of sp³-hybridized carbons (Fsp3) is 0.636. The molecule has 8 heteroatoms. The summed E-state index contributed by atoms with van der Waals surface area (Å²) in [4.78, 5) is 30.6. The lowest BCUT2D eigenvalue weighted by molar-refractivity contribution is 0.0109. The van der Waals surface area contributed by atoms with Crippen molar-refractivity contribution in [1.29, 1.82) is 0 Å². The van der Waals surface area contributed by atoms with Crippen LogP contribution in [0.3, 0.4) is 0 Å². The third kappa shape index (κ3) is 6.42. The fourth-order valence-electron chi connectivity index (χ4n) is 3.85. The van der Waals surface area contributed by atoms with Crippen molar-refractivity contribution < 1.29 is 19.4 Å². The molecule has 2 fully saturated rings. The van der Waals surface area contributed by atoms with Gasteiger partial charge in [0.2, 0.25) is 0 Å². The predicted octanol–water partition coefficient (Wildman–Crippen LogP) is 1.72. The third-order valence-corrected chi connectivity index (χ3v) is 5.86. The highest BCUT2D eigenvalue weighted by Gasteiger charge is 2.22. The summed E-state index contributed by atoms with van der Waals surface area (Å²) < 4.78 is 5.31. The number of benzene rings is 1. The van der Waals surface area contributed by atoms with Crippen molar-refractivity contribution in [3.63, 3.8) is 0 Å². The largest absolute Gasteiger partial charge is 0.390 e. The van der Waals surface area contributed by atoms with E-state index in [0.717, 1.165) is 39.0 Å². The SMILES string of the molecule is CC1CCN(C(=O)c2ccc(NC(=O)N(C)CC(O)CN3CCOCC3)cc2)CC1. The number of rotatable bonds is 6. The molecule has 0 aliphatic carbocycles. The summed E-state index contributed by atoms with van der Waals surface area (Å²) in [6.07, 6.45) is 1.47. The number of nitrogens with zero attached hydrogens (tertiary/aromatic N) is 3. The predicted molar refractivity (Wildman–Crippen MR) is 116 cm³/mol. The number of anilines is 1. The quantitative estimate of drug-likeness (QED) is 0.735. The molecule has 2 saturated heterocycles. The molecule has 2 heterocycles. The van der Waals surface area contributed by atoms with Crippen LogP contribution in [0.5, 0.6) is 0 Å². The second kappa shape index (κ2) is 10.7. The number of ether oxygens (including phenoxy) is 1. The van der Waals surface area contributed by atoms with E-state index in [2.05, 4.69) is 17.1 Å². The number of nitrogens with one attached hydrogen (secondary N) is 1. The summed E-state index contributed by atoms with van der Waals surface area (Å²) >= 11 is 0. The lowest BCUT2D eigenvalue weighted by atomic mass is 9.98. The molecule has 0 saturated carbocycles. The molecule has 30 heavy (non-hydrogen) atoms. The highest BCUT2D eigenvalue weighted by Crippen LogP contribution is 2.19. The van der Waals surface area contributed by atoms with Crippen LogP contribution in [-0.2, 0) is 4.74 Å². The van der Waals surface area contributed by atoms with Crippen molar-refractivity contribution in [2.24, 2.45) is 5.92 Å². The number of β-amino-alcohol motifs (C(OH)–C–C–N with tert-alkyl or cyclic N) is 1. The van der Waals surface area contributed by atoms with Crippen LogP contribution in [0.25, 0.3) is 0 Å². The van der Waals surface area contributed by atoms with Gasteiger partial charge in [0.05, 0.1) is 19.3 Å². The van der Waals surface area contributed by atoms with Gasteiger partial charge in [-0.05, 0) is 43.0 Å². The van der Waals surface area contributed by atoms with E-state index in [1.165, 1.54) is 4.90 Å². The van der Waals surface area contributed by atoms with E-state index in [9.17, 15) is 14.7 Å². The highest BCUT2D eigenvalue weighted by molar-refractivity contribution is 5.95. The maximum absolute atomic E-state index is 12.6. The maximum Gasteiger partial charge on any atom is 0.321 e. The Morgan fingerprint density at radius 1 is 1.17 bits per heavy atom. The summed E-state index contributed by atoms with van der Waals surface area (Å²) in [5.74, 6) is 0.721. The van der Waals surface area contributed by atoms with Crippen LogP contribution in [0.4, 0.5) is 10.5 Å². The summed E-state index contributed by atoms with van der Waals surface area (Å²) in [6, 6.07) is 6.71. The van der Waals surface area contributed by atoms with E-state index in [-0.39, 0.29) is 18.5 Å². The molecule has 3 rings (SSSR count). The molecule has 1 atom stereocenters. The van der Waals surface area contributed by atoms with E-state index < -0.39 is 6.10 Å². The molecule has 0 spiro atoms. The molecule has 2 aliphatic rings. The molecular formula is C22H34N4O4. The van der Waals surface area contributed by atoms with Crippen molar-refractivity contribution >= 4 is 17.6 Å². The zero-order valence-corrected chi connectivity index (χ0v) is 18.0. The molecule has 166 valence electrons. The van der Waals surface area contributed by atoms with Gasteiger partial charge in [0.1, 0.15) is 0 Å². The second-order valence-corrected chi connectivity index (χ2v) is 8.43. The van der Waals surface area contributed by atoms with Crippen LogP contribution < -0.4 is 5.32 Å². The first-order valence-electron chi connectivity index (χ1n) is 10.8. The minimum absolute atomic E-state index is 0.0446. The van der Waals surface area contributed by atoms with Crippen molar-refractivity contribution in [2.45, 2.75) is 25.9 Å². The number of hydrogen-bond donors (Lipinski definition) is 2. The Labute approximate surface area is 178 Å². The Kier molecular flexibility index (Phi) is 8.07. The number of carbonyl (C=O) groups excluding carboxylic acids is 2. The zero-order valence-electron chi connectivity index (χ0n) is 18.0. The van der Waals surface area contributed by atoms with Gasteiger partial charge in [-0.25, -0.2) is 4.79 Å². The molecule has 2 aliphatic heterocycles. The average Bonchev–Trinajstić information content (AvgIpc) is 2.75. The molecule has 0 radical (unpaired) electrons. The van der Waals surface area contributed by atoms with Gasteiger partial charge >= 0.3 is 6.03 Å². The molecular weight excluding hydrogens is 384 g/mol. The number of likely N-dealkylation sites (tertiary alicyclic amines) is 1. The number of aliphatic hydroxyl groups is 1. The van der Waals surface area contributed by atoms with Crippen molar-refractivity contribution in [3.05, 3.63) is 29.8 Å². The average molecular weight is 419 g/mol. The van der Waals surface area contributed by atoms with Crippen LogP contribution in [0.15, 0.2) is 24.3 Å². The number of morpholine rings is 1. The minimum Gasteiger partial charge on any atom is -0.390 e. The molecule has 0 bridgehead atoms. The van der Waals surface area contributed by atoms with Crippen LogP contribution in [0, 0.1) is 5.92 Å². The number of urea groups is 1. The van der Waals surface area contributed by atoms with Crippen LogP contribution in [0.1, 0.15) is 30.1 Å². The van der Waals surface area contributed by atoms with Gasteiger partial charge in [0.15, 0.2) is 0 Å². The summed E-state index contributed by atoms with van der Waals surface area (Å²) in [7, 11) is 1.66. The van der Waals surface area contributed by atoms with Crippen LogP contribution >= 0.6 is 0 Å². The number of amides is 3. The monoisotopic (exact) mass is 418 g/mol. The number of aliphatic hydroxyl groups excluding tert-OH is 1. The highest BCUT2D eigenvalue weighted by atomic mass is 16.5. The lowest BCUT2D eigenvalue weighted by Crippen LogP contribution is -2.45. The fourth-order valence-corrected chi connectivity index (χ4v) is 3.85. The Bertz CT molecular complexity index is 698. The smallest absolute Gasteiger partial charge is 0.321 e. The van der Waals surface area contributed by atoms with E-state index in [1.54, 1.807) is 31.3 Å². The first kappa shape index (κ1) is 22.5. The topological polar surface area (TPSA) is 85.4 Å². The van der Waals surface area contributed by atoms with Gasteiger partial charge in [-0.1, -0.05) is 6.92 Å². The zero-order chi connectivity index (χ0) is 21.5. The Hall–Kier alpha value is -2.16. The van der Waals surface area contributed by atoms with Crippen LogP contribution in [-0.4, -0.2) is 97.4 Å². The first-order valence-corrected chi connectivity index (χ1v) is 10.8. The number of piperidine rings is 1. The van der Waals surface area contributed by atoms with Gasteiger partial charge in [-0.3, -0.25) is 9.69 Å². The molecule has 0 aromatic heterocycles. The van der Waals surface area contributed by atoms with Gasteiger partial charge in [0, 0.05) is 57.6 Å². The Morgan fingerprint density at radius 2 is 1.80 bits per heavy atom. The second-order valence-electron chi connectivity index (χ2n) is 8.43. The maximum atomic E-state index is 12.6. The van der Waals surface area contributed by atoms with Gasteiger partial charge in [0.25, 0.3) is 5.91 Å². The van der Waals surface area contributed by atoms with Gasteiger partial charge in [-0.15, -0.1) is 0 Å². The number of likely N-dealkylation sites (N-methyl/N-ethyl adjacent to an activating group) is 1. The molecule has 1 aromatic rings. The Balaban J connectivity index is 1.45. The van der Waals surface area contributed by atoms with Crippen molar-refractivity contribution in [3.8, 4) is 0 Å². The standard InChI is InChI=1S/C22H34N4O4/c1-17-7-9-26(10-8-17)21(28)18-3-5-19(6-4-18)23-22(29)24(2)15-20(27)16-25-11-13-30-14-12-25/h3-6,17,20,27H,7-16H2,1-2H3,(H,23,29). The van der Waals surface area contributed by atoms with Gasteiger partial charge in [-0.2, -0.15) is 0 Å². The third-order valence-electron chi connectivity index (χ3n) is 5.86. The molecule has 1 aromatic carbocycles. The van der Waals surface area contributed by atoms with E-state index >= 15 is 0 Å². The molecule has 3 amide bonds. The van der Waals surface area contributed by atoms with Gasteiger partial charge < -0.3 is 25.0 Å². The summed E-state index contributed by atoms with van der Waals surface area (Å²) in [5.41, 5.74) is 1.26. The van der Waals surface area contributed by atoms with Crippen LogP contribution in [0.2, 0.25) is 0 Å². The normalized spacial score (nSPS) is 19.4. The number of hydrogen-bond acceptors (Lipinski definition) is 5. The molecule has 1 unspecified atom stereocenters. The van der Waals surface area contributed by atoms with Crippen molar-refractivity contribution in [1.82, 2.24) is 14.7 Å². The summed E-state index contributed by atoms with van der Waals surface area (Å²) in [6.45, 7) is 7.55. The lowest BCUT2D eigenvalue weighted by Gasteiger charge is -2.30. The van der Waals surface area contributed by atoms with Crippen molar-refractivity contribution in [2.75, 3.05) is 64.8 Å². The molecule has 2 N–H and O–H groups in total. The van der Waals surface area contributed by atoms with E-state index in [4.69, 9.17) is 4.74 Å². The first-order chi connectivity index (χ1) is 14.4. The van der Waals surface area contributed by atoms with E-state index in [0.29, 0.717) is 36.9 Å². The summed E-state index contributed by atoms with van der Waals surface area (Å²) in [5, 5.41) is 13.1. The number of carbonyl (C=O) groups is 2. The van der Waals surface area contributed by atoms with E-state index in [1.807, 2.05) is 4.90 Å². The molecule has 8 nitrogen and oxygen atoms in total. The Morgan fingerprint density at radius 3 is 2.43 bits per heavy atom. The minimum atomic E-state index is -0.619.